The average molecular weight is 278 g/mol. The van der Waals surface area contributed by atoms with Crippen LogP contribution in [0.2, 0.25) is 0 Å². The van der Waals surface area contributed by atoms with Crippen molar-refractivity contribution in [3.8, 4) is 5.75 Å². The van der Waals surface area contributed by atoms with Crippen LogP contribution in [0.5, 0.6) is 5.75 Å². The summed E-state index contributed by atoms with van der Waals surface area (Å²) in [5.74, 6) is 0.623. The van der Waals surface area contributed by atoms with Gasteiger partial charge in [-0.2, -0.15) is 0 Å². The van der Waals surface area contributed by atoms with Gasteiger partial charge in [0.15, 0.2) is 0 Å². The van der Waals surface area contributed by atoms with E-state index in [0.29, 0.717) is 24.1 Å². The Kier molecular flexibility index (Phi) is 4.22. The first-order chi connectivity index (χ1) is 9.72. The lowest BCUT2D eigenvalue weighted by Gasteiger charge is -2.36. The standard InChI is InChI=1S/C16H23FN2O/c17-14-5-6-16(20)13(9-14)11-19-8-2-3-12(10-19)15-4-1-7-18-15/h5-6,9,12,15,18,20H,1-4,7-8,10-11H2. The molecular weight excluding hydrogens is 255 g/mol. The van der Waals surface area contributed by atoms with Crippen molar-refractivity contribution in [3.63, 3.8) is 0 Å². The predicted molar refractivity (Wildman–Crippen MR) is 77.1 cm³/mol. The zero-order chi connectivity index (χ0) is 13.9. The second-order valence-corrected chi connectivity index (χ2v) is 6.11. The van der Waals surface area contributed by atoms with Gasteiger partial charge in [0.2, 0.25) is 0 Å². The molecule has 2 unspecified atom stereocenters. The van der Waals surface area contributed by atoms with E-state index < -0.39 is 0 Å². The molecule has 2 N–H and O–H groups in total. The van der Waals surface area contributed by atoms with Crippen LogP contribution in [0.3, 0.4) is 0 Å². The van der Waals surface area contributed by atoms with Gasteiger partial charge < -0.3 is 10.4 Å². The molecule has 3 rings (SSSR count). The number of phenolic OH excluding ortho intramolecular Hbond substituents is 1. The van der Waals surface area contributed by atoms with E-state index >= 15 is 0 Å². The maximum absolute atomic E-state index is 13.3. The van der Waals surface area contributed by atoms with Crippen molar-refractivity contribution in [1.29, 1.82) is 0 Å². The highest BCUT2D eigenvalue weighted by Crippen LogP contribution is 2.27. The molecule has 0 spiro atoms. The topological polar surface area (TPSA) is 35.5 Å². The lowest BCUT2D eigenvalue weighted by Crippen LogP contribution is -2.43. The van der Waals surface area contributed by atoms with Gasteiger partial charge in [-0.05, 0) is 62.9 Å². The molecule has 2 atom stereocenters. The zero-order valence-corrected chi connectivity index (χ0v) is 11.8. The van der Waals surface area contributed by atoms with Crippen molar-refractivity contribution in [2.24, 2.45) is 5.92 Å². The number of likely N-dealkylation sites (tertiary alicyclic amines) is 1. The number of hydrogen-bond donors (Lipinski definition) is 2. The fraction of sp³-hybridized carbons (Fsp3) is 0.625. The van der Waals surface area contributed by atoms with Gasteiger partial charge in [-0.3, -0.25) is 4.90 Å². The van der Waals surface area contributed by atoms with Crippen LogP contribution in [-0.2, 0) is 6.54 Å². The van der Waals surface area contributed by atoms with E-state index in [4.69, 9.17) is 0 Å². The highest BCUT2D eigenvalue weighted by Gasteiger charge is 2.29. The van der Waals surface area contributed by atoms with Crippen LogP contribution in [0, 0.1) is 11.7 Å². The third-order valence-electron chi connectivity index (χ3n) is 4.64. The minimum atomic E-state index is -0.274. The van der Waals surface area contributed by atoms with Crippen LogP contribution in [0.15, 0.2) is 18.2 Å². The van der Waals surface area contributed by atoms with Crippen molar-refractivity contribution < 1.29 is 9.50 Å². The van der Waals surface area contributed by atoms with Crippen LogP contribution >= 0.6 is 0 Å². The van der Waals surface area contributed by atoms with Crippen LogP contribution < -0.4 is 5.32 Å². The molecule has 2 saturated heterocycles. The number of benzene rings is 1. The Bertz CT molecular complexity index is 460. The summed E-state index contributed by atoms with van der Waals surface area (Å²) in [5, 5.41) is 13.4. The first-order valence-corrected chi connectivity index (χ1v) is 7.65. The Hall–Kier alpha value is -1.13. The molecule has 20 heavy (non-hydrogen) atoms. The summed E-state index contributed by atoms with van der Waals surface area (Å²) in [6.07, 6.45) is 5.04. The van der Waals surface area contributed by atoms with Gasteiger partial charge in [0, 0.05) is 24.7 Å². The molecule has 1 aromatic rings. The Morgan fingerprint density at radius 2 is 2.20 bits per heavy atom. The van der Waals surface area contributed by atoms with Gasteiger partial charge in [0.05, 0.1) is 0 Å². The third kappa shape index (κ3) is 3.13. The van der Waals surface area contributed by atoms with E-state index in [1.165, 1.54) is 43.9 Å². The Labute approximate surface area is 119 Å². The minimum Gasteiger partial charge on any atom is -0.508 e. The third-order valence-corrected chi connectivity index (χ3v) is 4.64. The van der Waals surface area contributed by atoms with Crippen LogP contribution in [0.1, 0.15) is 31.2 Å². The molecule has 2 aliphatic rings. The molecular formula is C16H23FN2O. The van der Waals surface area contributed by atoms with Gasteiger partial charge in [0.1, 0.15) is 11.6 Å². The van der Waals surface area contributed by atoms with E-state index in [2.05, 4.69) is 10.2 Å². The summed E-state index contributed by atoms with van der Waals surface area (Å²) in [5.41, 5.74) is 0.699. The van der Waals surface area contributed by atoms with Gasteiger partial charge in [-0.15, -0.1) is 0 Å². The highest BCUT2D eigenvalue weighted by molar-refractivity contribution is 5.32. The largest absolute Gasteiger partial charge is 0.508 e. The van der Waals surface area contributed by atoms with Crippen molar-refractivity contribution in [1.82, 2.24) is 10.2 Å². The number of hydrogen-bond acceptors (Lipinski definition) is 3. The molecule has 0 radical (unpaired) electrons. The van der Waals surface area contributed by atoms with Gasteiger partial charge in [0.25, 0.3) is 0 Å². The van der Waals surface area contributed by atoms with Gasteiger partial charge in [-0.25, -0.2) is 4.39 Å². The quantitative estimate of drug-likeness (QED) is 0.891. The van der Waals surface area contributed by atoms with Crippen LogP contribution in [-0.4, -0.2) is 35.7 Å². The van der Waals surface area contributed by atoms with Crippen molar-refractivity contribution in [2.45, 2.75) is 38.3 Å². The van der Waals surface area contributed by atoms with Gasteiger partial charge in [-0.1, -0.05) is 0 Å². The highest BCUT2D eigenvalue weighted by atomic mass is 19.1. The molecule has 1 aromatic carbocycles. The molecule has 0 bridgehead atoms. The molecule has 0 aromatic heterocycles. The molecule has 2 heterocycles. The fourth-order valence-electron chi connectivity index (χ4n) is 3.60. The van der Waals surface area contributed by atoms with E-state index in [0.717, 1.165) is 19.6 Å². The normalized spacial score (nSPS) is 27.9. The number of piperidine rings is 1. The number of halogens is 1. The molecule has 0 aliphatic carbocycles. The van der Waals surface area contributed by atoms with E-state index in [9.17, 15) is 9.50 Å². The Morgan fingerprint density at radius 3 is 3.00 bits per heavy atom. The molecule has 0 amide bonds. The molecule has 3 nitrogen and oxygen atoms in total. The lowest BCUT2D eigenvalue weighted by molar-refractivity contribution is 0.144. The molecule has 4 heteroatoms. The molecule has 2 fully saturated rings. The zero-order valence-electron chi connectivity index (χ0n) is 11.8. The summed E-state index contributed by atoms with van der Waals surface area (Å²) in [7, 11) is 0. The monoisotopic (exact) mass is 278 g/mol. The van der Waals surface area contributed by atoms with E-state index in [1.54, 1.807) is 0 Å². The van der Waals surface area contributed by atoms with Crippen LogP contribution in [0.4, 0.5) is 4.39 Å². The smallest absolute Gasteiger partial charge is 0.123 e. The number of phenols is 1. The second kappa shape index (κ2) is 6.10. The maximum atomic E-state index is 13.3. The summed E-state index contributed by atoms with van der Waals surface area (Å²) >= 11 is 0. The second-order valence-electron chi connectivity index (χ2n) is 6.11. The number of rotatable bonds is 3. The van der Waals surface area contributed by atoms with Gasteiger partial charge >= 0.3 is 0 Å². The predicted octanol–water partition coefficient (Wildman–Crippen LogP) is 2.50. The molecule has 0 saturated carbocycles. The molecule has 2 aliphatic heterocycles. The van der Waals surface area contributed by atoms with Crippen molar-refractivity contribution >= 4 is 0 Å². The summed E-state index contributed by atoms with van der Waals surface area (Å²) in [4.78, 5) is 2.35. The number of nitrogens with zero attached hydrogens (tertiary/aromatic N) is 1. The first-order valence-electron chi connectivity index (χ1n) is 7.65. The minimum absolute atomic E-state index is 0.201. The summed E-state index contributed by atoms with van der Waals surface area (Å²) in [6, 6.07) is 4.86. The van der Waals surface area contributed by atoms with E-state index in [-0.39, 0.29) is 11.6 Å². The summed E-state index contributed by atoms with van der Waals surface area (Å²) in [6.45, 7) is 3.88. The SMILES string of the molecule is Oc1ccc(F)cc1CN1CCCC(C2CCCN2)C1. The number of aromatic hydroxyl groups is 1. The summed E-state index contributed by atoms with van der Waals surface area (Å²) < 4.78 is 13.3. The fourth-order valence-corrected chi connectivity index (χ4v) is 3.60. The Balaban J connectivity index is 1.63. The number of nitrogens with one attached hydrogen (secondary N) is 1. The van der Waals surface area contributed by atoms with E-state index in [1.807, 2.05) is 0 Å². The Morgan fingerprint density at radius 1 is 1.30 bits per heavy atom. The average Bonchev–Trinajstić information content (AvgIpc) is 2.97. The van der Waals surface area contributed by atoms with Crippen molar-refractivity contribution in [2.75, 3.05) is 19.6 Å². The molecule has 110 valence electrons. The van der Waals surface area contributed by atoms with Crippen LogP contribution in [0.25, 0.3) is 0 Å². The lowest BCUT2D eigenvalue weighted by atomic mass is 9.89. The first kappa shape index (κ1) is 13.8. The van der Waals surface area contributed by atoms with Crippen molar-refractivity contribution in [3.05, 3.63) is 29.6 Å². The maximum Gasteiger partial charge on any atom is 0.123 e.